The van der Waals surface area contributed by atoms with E-state index >= 15 is 0 Å². The summed E-state index contributed by atoms with van der Waals surface area (Å²) in [5.41, 5.74) is 1.38. The third-order valence-electron chi connectivity index (χ3n) is 2.75. The van der Waals surface area contributed by atoms with Gasteiger partial charge in [-0.05, 0) is 29.2 Å². The maximum atomic E-state index is 2.35. The van der Waals surface area contributed by atoms with Gasteiger partial charge in [0.25, 0.3) is 0 Å². The van der Waals surface area contributed by atoms with Gasteiger partial charge in [-0.1, -0.05) is 62.2 Å². The van der Waals surface area contributed by atoms with E-state index in [1.165, 1.54) is 35.6 Å². The van der Waals surface area contributed by atoms with E-state index in [4.69, 9.17) is 0 Å². The van der Waals surface area contributed by atoms with Crippen LogP contribution in [-0.4, -0.2) is 0 Å². The van der Waals surface area contributed by atoms with E-state index in [1.54, 1.807) is 0 Å². The highest BCUT2D eigenvalue weighted by Crippen LogP contribution is 2.21. The van der Waals surface area contributed by atoms with Gasteiger partial charge in [0, 0.05) is 0 Å². The first-order chi connectivity index (χ1) is 7.42. The molecule has 0 heteroatoms. The largest absolute Gasteiger partial charge is 0.0654 e. The van der Waals surface area contributed by atoms with Crippen LogP contribution in [0.4, 0.5) is 0 Å². The van der Waals surface area contributed by atoms with Gasteiger partial charge in [-0.2, -0.15) is 0 Å². The van der Waals surface area contributed by atoms with E-state index in [-0.39, 0.29) is 0 Å². The summed E-state index contributed by atoms with van der Waals surface area (Å²) in [5, 5.41) is 2.71. The summed E-state index contributed by atoms with van der Waals surface area (Å²) in [6.07, 6.45) is 6.08. The summed E-state index contributed by atoms with van der Waals surface area (Å²) in [7, 11) is 0. The standard InChI is InChI=1S/C15H17/c1-2-3-4-8-13-10-7-11-14-9-5-6-12-15(13)14/h5-12H,2-4H2,1H3. The molecule has 15 heavy (non-hydrogen) atoms. The first-order valence-corrected chi connectivity index (χ1v) is 5.73. The van der Waals surface area contributed by atoms with Gasteiger partial charge in [-0.25, -0.2) is 0 Å². The second-order valence-corrected chi connectivity index (χ2v) is 3.91. The molecule has 0 unspecified atom stereocenters. The van der Waals surface area contributed by atoms with Crippen LogP contribution < -0.4 is 0 Å². The molecule has 2 rings (SSSR count). The Hall–Kier alpha value is -1.30. The zero-order chi connectivity index (χ0) is 10.5. The molecule has 0 aliphatic rings. The van der Waals surface area contributed by atoms with E-state index in [0.29, 0.717) is 0 Å². The smallest absolute Gasteiger partial charge is 0.00867 e. The molecular formula is C15H17. The predicted octanol–water partition coefficient (Wildman–Crippen LogP) is 4.58. The minimum absolute atomic E-state index is 1.19. The van der Waals surface area contributed by atoms with Gasteiger partial charge in [-0.3, -0.25) is 0 Å². The number of hydrogen-bond acceptors (Lipinski definition) is 0. The highest BCUT2D eigenvalue weighted by atomic mass is 14.0. The Bertz CT molecular complexity index is 423. The molecule has 2 aromatic carbocycles. The summed E-state index contributed by atoms with van der Waals surface area (Å²) in [4.78, 5) is 0. The van der Waals surface area contributed by atoms with Crippen LogP contribution in [0.15, 0.2) is 42.5 Å². The number of hydrogen-bond donors (Lipinski definition) is 0. The molecule has 0 N–H and O–H groups in total. The van der Waals surface area contributed by atoms with Gasteiger partial charge in [0.1, 0.15) is 0 Å². The minimum Gasteiger partial charge on any atom is -0.0654 e. The van der Waals surface area contributed by atoms with Crippen LogP contribution >= 0.6 is 0 Å². The van der Waals surface area contributed by atoms with E-state index in [2.05, 4.69) is 55.8 Å². The summed E-state index contributed by atoms with van der Waals surface area (Å²) >= 11 is 0. The molecule has 0 heterocycles. The first-order valence-electron chi connectivity index (χ1n) is 5.73. The van der Waals surface area contributed by atoms with Crippen molar-refractivity contribution in [1.29, 1.82) is 0 Å². The fraction of sp³-hybridized carbons (Fsp3) is 0.267. The van der Waals surface area contributed by atoms with Crippen molar-refractivity contribution >= 4 is 10.8 Å². The van der Waals surface area contributed by atoms with Gasteiger partial charge >= 0.3 is 0 Å². The maximum Gasteiger partial charge on any atom is -0.00867 e. The molecule has 0 aliphatic heterocycles. The fourth-order valence-corrected chi connectivity index (χ4v) is 1.89. The minimum atomic E-state index is 1.19. The van der Waals surface area contributed by atoms with Crippen LogP contribution in [-0.2, 0) is 0 Å². The maximum absolute atomic E-state index is 2.35. The molecule has 0 bridgehead atoms. The van der Waals surface area contributed by atoms with Crippen LogP contribution in [0.3, 0.4) is 0 Å². The quantitative estimate of drug-likeness (QED) is 0.629. The Morgan fingerprint density at radius 1 is 1.00 bits per heavy atom. The number of fused-ring (bicyclic) bond motifs is 1. The van der Waals surface area contributed by atoms with Crippen LogP contribution in [0.1, 0.15) is 31.7 Å². The Labute approximate surface area is 91.9 Å². The molecule has 0 aromatic heterocycles. The Balaban J connectivity index is 2.26. The van der Waals surface area contributed by atoms with Crippen molar-refractivity contribution in [3.8, 4) is 0 Å². The molecular weight excluding hydrogens is 180 g/mol. The monoisotopic (exact) mass is 197 g/mol. The first kappa shape index (κ1) is 10.2. The van der Waals surface area contributed by atoms with Crippen molar-refractivity contribution < 1.29 is 0 Å². The number of unbranched alkanes of at least 4 members (excludes halogenated alkanes) is 2. The molecule has 0 saturated heterocycles. The van der Waals surface area contributed by atoms with E-state index in [0.717, 1.165) is 0 Å². The molecule has 2 aromatic rings. The zero-order valence-electron chi connectivity index (χ0n) is 9.24. The second-order valence-electron chi connectivity index (χ2n) is 3.91. The van der Waals surface area contributed by atoms with Gasteiger partial charge < -0.3 is 0 Å². The lowest BCUT2D eigenvalue weighted by atomic mass is 10.00. The predicted molar refractivity (Wildman–Crippen MR) is 66.9 cm³/mol. The van der Waals surface area contributed by atoms with Gasteiger partial charge in [0.15, 0.2) is 0 Å². The van der Waals surface area contributed by atoms with Crippen LogP contribution in [0.5, 0.6) is 0 Å². The van der Waals surface area contributed by atoms with Crippen molar-refractivity contribution in [3.63, 3.8) is 0 Å². The van der Waals surface area contributed by atoms with Crippen molar-refractivity contribution in [1.82, 2.24) is 0 Å². The van der Waals surface area contributed by atoms with Crippen LogP contribution in [0, 0.1) is 6.42 Å². The van der Waals surface area contributed by atoms with Crippen molar-refractivity contribution in [2.75, 3.05) is 0 Å². The van der Waals surface area contributed by atoms with E-state index < -0.39 is 0 Å². The zero-order valence-corrected chi connectivity index (χ0v) is 9.24. The lowest BCUT2D eigenvalue weighted by Gasteiger charge is -2.05. The Morgan fingerprint density at radius 3 is 2.67 bits per heavy atom. The highest BCUT2D eigenvalue weighted by molar-refractivity contribution is 5.86. The molecule has 0 saturated carbocycles. The summed E-state index contributed by atoms with van der Waals surface area (Å²) in [5.74, 6) is 0. The number of rotatable bonds is 4. The van der Waals surface area contributed by atoms with Crippen LogP contribution in [0.2, 0.25) is 0 Å². The van der Waals surface area contributed by atoms with Crippen molar-refractivity contribution in [2.45, 2.75) is 26.2 Å². The molecule has 1 radical (unpaired) electrons. The van der Waals surface area contributed by atoms with Crippen molar-refractivity contribution in [3.05, 3.63) is 54.4 Å². The molecule has 77 valence electrons. The van der Waals surface area contributed by atoms with Crippen LogP contribution in [0.25, 0.3) is 10.8 Å². The highest BCUT2D eigenvalue weighted by Gasteiger charge is 1.99. The van der Waals surface area contributed by atoms with E-state index in [1.807, 2.05) is 0 Å². The normalized spacial score (nSPS) is 10.7. The molecule has 0 nitrogen and oxygen atoms in total. The third kappa shape index (κ3) is 2.38. The van der Waals surface area contributed by atoms with E-state index in [9.17, 15) is 0 Å². The van der Waals surface area contributed by atoms with Gasteiger partial charge in [-0.15, -0.1) is 0 Å². The molecule has 0 spiro atoms. The van der Waals surface area contributed by atoms with Gasteiger partial charge in [0.2, 0.25) is 0 Å². The average molecular weight is 197 g/mol. The lowest BCUT2D eigenvalue weighted by Crippen LogP contribution is -1.84. The molecule has 0 aliphatic carbocycles. The Kier molecular flexibility index (Phi) is 3.39. The second kappa shape index (κ2) is 4.97. The lowest BCUT2D eigenvalue weighted by molar-refractivity contribution is 0.792. The summed E-state index contributed by atoms with van der Waals surface area (Å²) in [6, 6.07) is 15.1. The van der Waals surface area contributed by atoms with Gasteiger partial charge in [0.05, 0.1) is 0 Å². The third-order valence-corrected chi connectivity index (χ3v) is 2.75. The molecule has 0 amide bonds. The topological polar surface area (TPSA) is 0 Å². The SMILES string of the molecule is CCCC[CH]c1cccc2ccccc12. The fourth-order valence-electron chi connectivity index (χ4n) is 1.89. The number of benzene rings is 2. The molecule has 0 atom stereocenters. The molecule has 0 fully saturated rings. The average Bonchev–Trinajstić information content (AvgIpc) is 2.30. The van der Waals surface area contributed by atoms with Crippen molar-refractivity contribution in [2.24, 2.45) is 0 Å². The summed E-state index contributed by atoms with van der Waals surface area (Å²) < 4.78 is 0. The summed E-state index contributed by atoms with van der Waals surface area (Å²) in [6.45, 7) is 2.23. The Morgan fingerprint density at radius 2 is 1.80 bits per heavy atom.